The van der Waals surface area contributed by atoms with Crippen LogP contribution in [0.15, 0.2) is 54.6 Å². The average molecular weight is 764 g/mol. The van der Waals surface area contributed by atoms with Crippen molar-refractivity contribution in [3.63, 3.8) is 0 Å². The topological polar surface area (TPSA) is 86.6 Å². The van der Waals surface area contributed by atoms with E-state index in [4.69, 9.17) is 29.2 Å². The van der Waals surface area contributed by atoms with Crippen LogP contribution < -0.4 is 14.2 Å². The van der Waals surface area contributed by atoms with Crippen LogP contribution in [0.4, 0.5) is 0 Å². The summed E-state index contributed by atoms with van der Waals surface area (Å²) in [5, 5.41) is 11.4. The van der Waals surface area contributed by atoms with Gasteiger partial charge in [0, 0.05) is 17.7 Å². The molecule has 1 heterocycles. The Hall–Kier alpha value is -4.13. The zero-order chi connectivity index (χ0) is 39.2. The second-order valence-corrected chi connectivity index (χ2v) is 15.7. The number of rotatable bonds is 27. The molecule has 0 saturated heterocycles. The zero-order valence-corrected chi connectivity index (χ0v) is 34.9. The molecule has 4 aromatic rings. The SMILES string of the molecule is CCCCCCCCOc1ccc(-c2nc(-c3ccc4c(c3)CCCC4)nc(-c3ccc(OCCCCCCCC)cc3OCCCCCCCC)n2)c(O)c1. The van der Waals surface area contributed by atoms with Crippen LogP contribution in [0.3, 0.4) is 0 Å². The minimum Gasteiger partial charge on any atom is -0.507 e. The molecule has 0 bridgehead atoms. The smallest absolute Gasteiger partial charge is 0.167 e. The van der Waals surface area contributed by atoms with Gasteiger partial charge in [0.05, 0.1) is 30.9 Å². The van der Waals surface area contributed by atoms with E-state index >= 15 is 0 Å². The fourth-order valence-corrected chi connectivity index (χ4v) is 7.51. The van der Waals surface area contributed by atoms with Crippen molar-refractivity contribution >= 4 is 0 Å². The van der Waals surface area contributed by atoms with Crippen LogP contribution in [0.25, 0.3) is 34.2 Å². The standard InChI is InChI=1S/C49H69N3O4/c1-4-7-10-13-16-21-32-54-41-28-30-43(45(53)36-41)48-50-47(40-27-26-38-24-19-20-25-39(38)35-40)51-49(52-48)44-31-29-42(55-33-22-17-14-11-8-5-2)37-46(44)56-34-23-18-15-12-9-6-3/h26-31,35-37,53H,4-25,32-34H2,1-3H3. The largest absolute Gasteiger partial charge is 0.507 e. The van der Waals surface area contributed by atoms with Crippen molar-refractivity contribution in [3.8, 4) is 57.2 Å². The maximum absolute atomic E-state index is 11.4. The number of phenolic OH excluding ortho intramolecular Hbond substituents is 1. The van der Waals surface area contributed by atoms with Gasteiger partial charge in [-0.15, -0.1) is 0 Å². The third-order valence-electron chi connectivity index (χ3n) is 10.9. The van der Waals surface area contributed by atoms with Gasteiger partial charge in [-0.2, -0.15) is 0 Å². The highest BCUT2D eigenvalue weighted by atomic mass is 16.5. The Kier molecular flexibility index (Phi) is 18.8. The Balaban J connectivity index is 1.43. The van der Waals surface area contributed by atoms with Gasteiger partial charge in [0.2, 0.25) is 0 Å². The molecule has 304 valence electrons. The Labute approximate surface area is 338 Å². The lowest BCUT2D eigenvalue weighted by Crippen LogP contribution is -2.06. The molecule has 0 fully saturated rings. The van der Waals surface area contributed by atoms with Gasteiger partial charge in [-0.3, -0.25) is 0 Å². The van der Waals surface area contributed by atoms with E-state index in [0.29, 0.717) is 54.4 Å². The first-order chi connectivity index (χ1) is 27.6. The first-order valence-electron chi connectivity index (χ1n) is 22.3. The Morgan fingerprint density at radius 3 is 1.54 bits per heavy atom. The molecule has 5 rings (SSSR count). The average Bonchev–Trinajstić information content (AvgIpc) is 3.22. The molecule has 0 unspecified atom stereocenters. The molecule has 0 spiro atoms. The van der Waals surface area contributed by atoms with E-state index in [9.17, 15) is 5.11 Å². The van der Waals surface area contributed by atoms with Gasteiger partial charge in [-0.1, -0.05) is 129 Å². The summed E-state index contributed by atoms with van der Waals surface area (Å²) in [6.07, 6.45) is 26.2. The lowest BCUT2D eigenvalue weighted by atomic mass is 9.90. The summed E-state index contributed by atoms with van der Waals surface area (Å²) in [7, 11) is 0. The second kappa shape index (κ2) is 24.5. The lowest BCUT2D eigenvalue weighted by Gasteiger charge is -2.17. The van der Waals surface area contributed by atoms with Crippen molar-refractivity contribution in [2.45, 2.75) is 162 Å². The normalized spacial score (nSPS) is 12.4. The quantitative estimate of drug-likeness (QED) is 0.0605. The van der Waals surface area contributed by atoms with Gasteiger partial charge in [0.15, 0.2) is 17.5 Å². The third-order valence-corrected chi connectivity index (χ3v) is 10.9. The monoisotopic (exact) mass is 764 g/mol. The predicted molar refractivity (Wildman–Crippen MR) is 231 cm³/mol. The van der Waals surface area contributed by atoms with Gasteiger partial charge < -0.3 is 19.3 Å². The number of aromatic nitrogens is 3. The molecule has 0 amide bonds. The summed E-state index contributed by atoms with van der Waals surface area (Å²) in [5.41, 5.74) is 5.03. The fourth-order valence-electron chi connectivity index (χ4n) is 7.51. The molecule has 0 atom stereocenters. The number of ether oxygens (including phenoxy) is 3. The molecule has 1 aliphatic carbocycles. The molecule has 0 aliphatic heterocycles. The van der Waals surface area contributed by atoms with E-state index in [1.165, 1.54) is 107 Å². The number of aromatic hydroxyl groups is 1. The molecule has 7 nitrogen and oxygen atoms in total. The molecule has 0 radical (unpaired) electrons. The number of aryl methyl sites for hydroxylation is 2. The number of hydrogen-bond donors (Lipinski definition) is 1. The first kappa shape index (κ1) is 43.0. The van der Waals surface area contributed by atoms with Gasteiger partial charge in [-0.05, 0) is 86.4 Å². The van der Waals surface area contributed by atoms with E-state index in [1.54, 1.807) is 6.07 Å². The summed E-state index contributed by atoms with van der Waals surface area (Å²) in [6.45, 7) is 8.65. The Morgan fingerprint density at radius 1 is 0.464 bits per heavy atom. The molecular weight excluding hydrogens is 695 g/mol. The van der Waals surface area contributed by atoms with Crippen LogP contribution in [-0.4, -0.2) is 39.9 Å². The van der Waals surface area contributed by atoms with Crippen LogP contribution >= 0.6 is 0 Å². The molecule has 1 N–H and O–H groups in total. The molecule has 56 heavy (non-hydrogen) atoms. The van der Waals surface area contributed by atoms with Gasteiger partial charge in [0.1, 0.15) is 23.0 Å². The highest BCUT2D eigenvalue weighted by molar-refractivity contribution is 5.73. The Bertz CT molecular complexity index is 1740. The summed E-state index contributed by atoms with van der Waals surface area (Å²) in [4.78, 5) is 15.1. The van der Waals surface area contributed by atoms with Crippen molar-refractivity contribution in [1.29, 1.82) is 0 Å². The molecule has 1 aliphatic rings. The van der Waals surface area contributed by atoms with E-state index in [1.807, 2.05) is 30.3 Å². The van der Waals surface area contributed by atoms with Crippen LogP contribution in [0.5, 0.6) is 23.0 Å². The van der Waals surface area contributed by atoms with Crippen LogP contribution in [-0.2, 0) is 12.8 Å². The first-order valence-corrected chi connectivity index (χ1v) is 22.3. The molecule has 0 saturated carbocycles. The van der Waals surface area contributed by atoms with Crippen molar-refractivity contribution < 1.29 is 19.3 Å². The third kappa shape index (κ3) is 13.8. The Morgan fingerprint density at radius 2 is 0.946 bits per heavy atom. The summed E-state index contributed by atoms with van der Waals surface area (Å²) in [6, 6.07) is 18.0. The molecule has 7 heteroatoms. The van der Waals surface area contributed by atoms with Crippen molar-refractivity contribution in [1.82, 2.24) is 15.0 Å². The number of phenols is 1. The van der Waals surface area contributed by atoms with Crippen LogP contribution in [0, 0.1) is 0 Å². The predicted octanol–water partition coefficient (Wildman–Crippen LogP) is 13.7. The van der Waals surface area contributed by atoms with Crippen LogP contribution in [0.1, 0.15) is 160 Å². The van der Waals surface area contributed by atoms with E-state index in [-0.39, 0.29) is 5.75 Å². The minimum atomic E-state index is 0.0805. The highest BCUT2D eigenvalue weighted by Crippen LogP contribution is 2.37. The highest BCUT2D eigenvalue weighted by Gasteiger charge is 2.20. The number of hydrogen-bond acceptors (Lipinski definition) is 7. The molecule has 3 aromatic carbocycles. The van der Waals surface area contributed by atoms with E-state index < -0.39 is 0 Å². The second-order valence-electron chi connectivity index (χ2n) is 15.7. The fraction of sp³-hybridized carbons (Fsp3) is 0.571. The minimum absolute atomic E-state index is 0.0805. The van der Waals surface area contributed by atoms with Crippen molar-refractivity contribution in [2.24, 2.45) is 0 Å². The van der Waals surface area contributed by atoms with Gasteiger partial charge >= 0.3 is 0 Å². The van der Waals surface area contributed by atoms with Crippen molar-refractivity contribution in [3.05, 3.63) is 65.7 Å². The summed E-state index contributed by atoms with van der Waals surface area (Å²) in [5.74, 6) is 3.71. The van der Waals surface area contributed by atoms with Gasteiger partial charge in [0.25, 0.3) is 0 Å². The van der Waals surface area contributed by atoms with E-state index in [0.717, 1.165) is 61.8 Å². The lowest BCUT2D eigenvalue weighted by molar-refractivity contribution is 0.290. The number of unbranched alkanes of at least 4 members (excludes halogenated alkanes) is 15. The van der Waals surface area contributed by atoms with Gasteiger partial charge in [-0.25, -0.2) is 15.0 Å². The molecule has 1 aromatic heterocycles. The maximum atomic E-state index is 11.4. The van der Waals surface area contributed by atoms with Crippen molar-refractivity contribution in [2.75, 3.05) is 19.8 Å². The number of fused-ring (bicyclic) bond motifs is 1. The zero-order valence-electron chi connectivity index (χ0n) is 34.9. The maximum Gasteiger partial charge on any atom is 0.167 e. The van der Waals surface area contributed by atoms with Crippen LogP contribution in [0.2, 0.25) is 0 Å². The number of benzene rings is 3. The summed E-state index contributed by atoms with van der Waals surface area (Å²) < 4.78 is 18.8. The van der Waals surface area contributed by atoms with E-state index in [2.05, 4.69) is 39.0 Å². The number of nitrogens with zero attached hydrogens (tertiary/aromatic N) is 3. The summed E-state index contributed by atoms with van der Waals surface area (Å²) >= 11 is 0. The molecular formula is C49H69N3O4.